The summed E-state index contributed by atoms with van der Waals surface area (Å²) in [6.45, 7) is 1.99. The molecule has 5 nitrogen and oxygen atoms in total. The van der Waals surface area contributed by atoms with Gasteiger partial charge in [0.2, 0.25) is 5.91 Å². The minimum absolute atomic E-state index is 0.150. The topological polar surface area (TPSA) is 58.6 Å². The number of methoxy groups -OCH3 is 1. The van der Waals surface area contributed by atoms with Crippen molar-refractivity contribution in [3.63, 3.8) is 0 Å². The molecule has 1 N–H and O–H groups in total. The second kappa shape index (κ2) is 8.10. The van der Waals surface area contributed by atoms with Crippen molar-refractivity contribution in [3.05, 3.63) is 59.9 Å². The average molecular weight is 330 g/mol. The molecule has 0 aliphatic heterocycles. The highest BCUT2D eigenvalue weighted by atomic mass is 19.1. The van der Waals surface area contributed by atoms with Gasteiger partial charge >= 0.3 is 0 Å². The van der Waals surface area contributed by atoms with Crippen LogP contribution in [0.3, 0.4) is 0 Å². The first kappa shape index (κ1) is 17.5. The van der Waals surface area contributed by atoms with Crippen molar-refractivity contribution in [1.82, 2.24) is 5.32 Å². The normalized spacial score (nSPS) is 10.1. The molecule has 24 heavy (non-hydrogen) atoms. The Hall–Kier alpha value is -2.89. The Bertz CT molecular complexity index is 734. The zero-order valence-electron chi connectivity index (χ0n) is 13.6. The van der Waals surface area contributed by atoms with Crippen molar-refractivity contribution in [2.75, 3.05) is 25.1 Å². The Balaban J connectivity index is 1.99. The summed E-state index contributed by atoms with van der Waals surface area (Å²) in [5.74, 6) is -0.362. The largest absolute Gasteiger partial charge is 0.497 e. The van der Waals surface area contributed by atoms with E-state index in [0.717, 1.165) is 0 Å². The fraction of sp³-hybridized carbons (Fsp3) is 0.222. The van der Waals surface area contributed by atoms with E-state index in [2.05, 4.69) is 5.32 Å². The van der Waals surface area contributed by atoms with E-state index in [1.165, 1.54) is 36.1 Å². The molecular formula is C18H19FN2O3. The molecule has 2 rings (SSSR count). The number of nitrogens with zero attached hydrogens (tertiary/aromatic N) is 1. The minimum Gasteiger partial charge on any atom is -0.497 e. The number of nitrogens with one attached hydrogen (secondary N) is 1. The molecular weight excluding hydrogens is 311 g/mol. The van der Waals surface area contributed by atoms with E-state index >= 15 is 0 Å². The van der Waals surface area contributed by atoms with Gasteiger partial charge in [-0.2, -0.15) is 0 Å². The first-order valence-electron chi connectivity index (χ1n) is 7.47. The van der Waals surface area contributed by atoms with E-state index in [-0.39, 0.29) is 23.9 Å². The number of carbonyl (C=O) groups is 2. The van der Waals surface area contributed by atoms with Gasteiger partial charge in [-0.1, -0.05) is 12.1 Å². The fourth-order valence-corrected chi connectivity index (χ4v) is 2.26. The molecule has 6 heteroatoms. The number of halogens is 1. The highest BCUT2D eigenvalue weighted by Gasteiger charge is 2.13. The second-order valence-corrected chi connectivity index (χ2v) is 5.14. The Labute approximate surface area is 140 Å². The van der Waals surface area contributed by atoms with Crippen LogP contribution in [0.1, 0.15) is 17.3 Å². The molecule has 126 valence electrons. The van der Waals surface area contributed by atoms with E-state index in [1.54, 1.807) is 31.4 Å². The summed E-state index contributed by atoms with van der Waals surface area (Å²) >= 11 is 0. The highest BCUT2D eigenvalue weighted by molar-refractivity contribution is 5.94. The maximum Gasteiger partial charge on any atom is 0.251 e. The Morgan fingerprint density at radius 3 is 2.58 bits per heavy atom. The van der Waals surface area contributed by atoms with Crippen LogP contribution in [0.15, 0.2) is 48.5 Å². The number of anilines is 1. The number of ether oxygens (including phenoxy) is 1. The van der Waals surface area contributed by atoms with Crippen LogP contribution in [0.5, 0.6) is 5.75 Å². The molecule has 0 aliphatic carbocycles. The zero-order valence-corrected chi connectivity index (χ0v) is 13.6. The van der Waals surface area contributed by atoms with Crippen LogP contribution in [0.2, 0.25) is 0 Å². The van der Waals surface area contributed by atoms with Crippen LogP contribution >= 0.6 is 0 Å². The monoisotopic (exact) mass is 330 g/mol. The predicted octanol–water partition coefficient (Wildman–Crippen LogP) is 2.62. The highest BCUT2D eigenvalue weighted by Crippen LogP contribution is 2.20. The molecule has 0 radical (unpaired) electrons. The average Bonchev–Trinajstić information content (AvgIpc) is 2.58. The van der Waals surface area contributed by atoms with Gasteiger partial charge in [0.25, 0.3) is 5.91 Å². The van der Waals surface area contributed by atoms with Crippen LogP contribution in [0.25, 0.3) is 0 Å². The molecule has 0 bridgehead atoms. The van der Waals surface area contributed by atoms with E-state index in [0.29, 0.717) is 18.0 Å². The number of amides is 2. The summed E-state index contributed by atoms with van der Waals surface area (Å²) in [7, 11) is 1.55. The number of hydrogen-bond acceptors (Lipinski definition) is 3. The number of rotatable bonds is 6. The van der Waals surface area contributed by atoms with Crippen molar-refractivity contribution >= 4 is 17.5 Å². The van der Waals surface area contributed by atoms with E-state index in [9.17, 15) is 14.0 Å². The molecule has 0 spiro atoms. The Kier molecular flexibility index (Phi) is 5.89. The first-order chi connectivity index (χ1) is 11.5. The molecule has 2 amide bonds. The van der Waals surface area contributed by atoms with Crippen LogP contribution in [-0.2, 0) is 4.79 Å². The van der Waals surface area contributed by atoms with Crippen LogP contribution in [0.4, 0.5) is 10.1 Å². The number of benzene rings is 2. The summed E-state index contributed by atoms with van der Waals surface area (Å²) in [4.78, 5) is 25.4. The standard InChI is InChI=1S/C18H19FN2O3/c1-13(22)21(16-7-4-8-17(12-16)24-2)10-9-20-18(23)14-5-3-6-15(19)11-14/h3-8,11-12H,9-10H2,1-2H3,(H,20,23). The third kappa shape index (κ3) is 4.55. The fourth-order valence-electron chi connectivity index (χ4n) is 2.26. The summed E-state index contributed by atoms with van der Waals surface area (Å²) in [6.07, 6.45) is 0. The summed E-state index contributed by atoms with van der Waals surface area (Å²) in [5.41, 5.74) is 0.924. The molecule has 0 aliphatic rings. The lowest BCUT2D eigenvalue weighted by atomic mass is 10.2. The maximum absolute atomic E-state index is 13.1. The molecule has 0 aromatic heterocycles. The predicted molar refractivity (Wildman–Crippen MR) is 89.8 cm³/mol. The van der Waals surface area contributed by atoms with Crippen molar-refractivity contribution in [2.45, 2.75) is 6.92 Å². The van der Waals surface area contributed by atoms with Crippen molar-refractivity contribution < 1.29 is 18.7 Å². The second-order valence-electron chi connectivity index (χ2n) is 5.14. The molecule has 0 saturated heterocycles. The lowest BCUT2D eigenvalue weighted by Gasteiger charge is -2.22. The van der Waals surface area contributed by atoms with Crippen LogP contribution in [-0.4, -0.2) is 32.0 Å². The van der Waals surface area contributed by atoms with Gasteiger partial charge < -0.3 is 15.0 Å². The van der Waals surface area contributed by atoms with E-state index < -0.39 is 5.82 Å². The van der Waals surface area contributed by atoms with Gasteiger partial charge in [0, 0.05) is 37.3 Å². The Morgan fingerprint density at radius 2 is 1.92 bits per heavy atom. The minimum atomic E-state index is -0.468. The molecule has 0 fully saturated rings. The zero-order chi connectivity index (χ0) is 17.5. The van der Waals surface area contributed by atoms with Crippen LogP contribution in [0, 0.1) is 5.82 Å². The van der Waals surface area contributed by atoms with Gasteiger partial charge in [-0.05, 0) is 30.3 Å². The van der Waals surface area contributed by atoms with E-state index in [4.69, 9.17) is 4.74 Å². The smallest absolute Gasteiger partial charge is 0.251 e. The first-order valence-corrected chi connectivity index (χ1v) is 7.47. The Morgan fingerprint density at radius 1 is 1.17 bits per heavy atom. The lowest BCUT2D eigenvalue weighted by molar-refractivity contribution is -0.116. The molecule has 0 atom stereocenters. The van der Waals surface area contributed by atoms with Crippen molar-refractivity contribution in [1.29, 1.82) is 0 Å². The molecule has 0 unspecified atom stereocenters. The van der Waals surface area contributed by atoms with Gasteiger partial charge in [0.05, 0.1) is 7.11 Å². The summed E-state index contributed by atoms with van der Waals surface area (Å²) in [5, 5.41) is 2.68. The summed E-state index contributed by atoms with van der Waals surface area (Å²) < 4.78 is 18.3. The maximum atomic E-state index is 13.1. The third-order valence-electron chi connectivity index (χ3n) is 3.45. The molecule has 0 saturated carbocycles. The SMILES string of the molecule is COc1cccc(N(CCNC(=O)c2cccc(F)c2)C(C)=O)c1. The van der Waals surface area contributed by atoms with Crippen molar-refractivity contribution in [3.8, 4) is 5.75 Å². The van der Waals surface area contributed by atoms with Gasteiger partial charge in [0.1, 0.15) is 11.6 Å². The van der Waals surface area contributed by atoms with Crippen molar-refractivity contribution in [2.24, 2.45) is 0 Å². The molecule has 2 aromatic rings. The number of carbonyl (C=O) groups excluding carboxylic acids is 2. The van der Waals surface area contributed by atoms with E-state index in [1.807, 2.05) is 0 Å². The van der Waals surface area contributed by atoms with Gasteiger partial charge in [-0.25, -0.2) is 4.39 Å². The quantitative estimate of drug-likeness (QED) is 0.886. The molecule has 0 heterocycles. The lowest BCUT2D eigenvalue weighted by Crippen LogP contribution is -2.37. The number of hydrogen-bond donors (Lipinski definition) is 1. The third-order valence-corrected chi connectivity index (χ3v) is 3.45. The molecule has 2 aromatic carbocycles. The van der Waals surface area contributed by atoms with Gasteiger partial charge in [-0.3, -0.25) is 9.59 Å². The van der Waals surface area contributed by atoms with Gasteiger partial charge in [0.15, 0.2) is 0 Å². The van der Waals surface area contributed by atoms with Gasteiger partial charge in [-0.15, -0.1) is 0 Å². The summed E-state index contributed by atoms with van der Waals surface area (Å²) in [6, 6.07) is 12.6. The van der Waals surface area contributed by atoms with Crippen LogP contribution < -0.4 is 15.0 Å².